The van der Waals surface area contributed by atoms with Crippen LogP contribution in [0, 0.1) is 52.8 Å². The molecule has 0 heteroatoms. The Morgan fingerprint density at radius 2 is 1.75 bits per heavy atom. The summed E-state index contributed by atoms with van der Waals surface area (Å²) in [6, 6.07) is 0. The average Bonchev–Trinajstić information content (AvgIpc) is 2.54. The summed E-state index contributed by atoms with van der Waals surface area (Å²) in [6.45, 7) is 15.0. The highest BCUT2D eigenvalue weighted by atomic mass is 14.5. The summed E-state index contributed by atoms with van der Waals surface area (Å²) >= 11 is 0. The summed E-state index contributed by atoms with van der Waals surface area (Å²) in [5, 5.41) is 0. The predicted octanol–water partition coefficient (Wildman–Crippen LogP) is 7.57. The van der Waals surface area contributed by atoms with Gasteiger partial charge in [-0.25, -0.2) is 0 Å². The normalized spacial score (nSPS) is 47.1. The van der Waals surface area contributed by atoms with Crippen molar-refractivity contribution in [3.8, 4) is 0 Å². The maximum atomic E-state index is 2.59. The fourth-order valence-corrected chi connectivity index (χ4v) is 6.79. The monoisotopic (exact) mass is 332 g/mol. The van der Waals surface area contributed by atoms with E-state index in [1.165, 1.54) is 32.1 Å². The minimum absolute atomic E-state index is 0.640. The number of rotatable bonds is 5. The van der Waals surface area contributed by atoms with Crippen LogP contribution in [0.2, 0.25) is 0 Å². The van der Waals surface area contributed by atoms with Gasteiger partial charge in [-0.2, -0.15) is 0 Å². The van der Waals surface area contributed by atoms with Crippen LogP contribution in [0.3, 0.4) is 0 Å². The zero-order valence-electron chi connectivity index (χ0n) is 17.5. The van der Waals surface area contributed by atoms with E-state index >= 15 is 0 Å². The molecule has 0 amide bonds. The van der Waals surface area contributed by atoms with E-state index in [4.69, 9.17) is 0 Å². The lowest BCUT2D eigenvalue weighted by molar-refractivity contribution is -0.0340. The van der Waals surface area contributed by atoms with Crippen molar-refractivity contribution in [3.05, 3.63) is 0 Å². The highest BCUT2D eigenvalue weighted by Crippen LogP contribution is 2.56. The Hall–Kier alpha value is 0. The lowest BCUT2D eigenvalue weighted by atomic mass is 9.52. The molecule has 0 aromatic heterocycles. The van der Waals surface area contributed by atoms with Gasteiger partial charge in [0, 0.05) is 0 Å². The second kappa shape index (κ2) is 7.32. The molecule has 0 spiro atoms. The summed E-state index contributed by atoms with van der Waals surface area (Å²) in [5.74, 6) is 8.11. The molecule has 0 nitrogen and oxygen atoms in total. The fourth-order valence-electron chi connectivity index (χ4n) is 6.79. The molecule has 3 saturated carbocycles. The highest BCUT2D eigenvalue weighted by Gasteiger charge is 2.47. The molecule has 3 aliphatic carbocycles. The summed E-state index contributed by atoms with van der Waals surface area (Å²) in [5.41, 5.74) is 0.640. The van der Waals surface area contributed by atoms with Crippen molar-refractivity contribution >= 4 is 0 Å². The van der Waals surface area contributed by atoms with E-state index in [0.717, 1.165) is 47.3 Å². The number of fused-ring (bicyclic) bond motifs is 1. The van der Waals surface area contributed by atoms with Crippen LogP contribution in [0.15, 0.2) is 0 Å². The van der Waals surface area contributed by atoms with Crippen molar-refractivity contribution in [2.45, 2.75) is 99.3 Å². The van der Waals surface area contributed by atoms with Crippen LogP contribution in [-0.2, 0) is 0 Å². The molecule has 3 fully saturated rings. The SMILES string of the molecule is CCC1(C)CCC(C(C)C(C)C)C(CC2CC3CCC(C)CC32)C1. The van der Waals surface area contributed by atoms with Gasteiger partial charge >= 0.3 is 0 Å². The molecule has 8 atom stereocenters. The largest absolute Gasteiger partial charge is 0.0649 e. The van der Waals surface area contributed by atoms with Crippen molar-refractivity contribution in [2.24, 2.45) is 52.8 Å². The van der Waals surface area contributed by atoms with Crippen molar-refractivity contribution in [2.75, 3.05) is 0 Å². The van der Waals surface area contributed by atoms with Crippen LogP contribution < -0.4 is 0 Å². The van der Waals surface area contributed by atoms with Crippen LogP contribution in [0.5, 0.6) is 0 Å². The van der Waals surface area contributed by atoms with Gasteiger partial charge in [0.1, 0.15) is 0 Å². The molecular formula is C24H44. The third-order valence-corrected chi connectivity index (χ3v) is 9.15. The van der Waals surface area contributed by atoms with Crippen molar-refractivity contribution in [3.63, 3.8) is 0 Å². The van der Waals surface area contributed by atoms with Crippen molar-refractivity contribution in [1.29, 1.82) is 0 Å². The summed E-state index contributed by atoms with van der Waals surface area (Å²) in [6.07, 6.45) is 13.7. The van der Waals surface area contributed by atoms with Gasteiger partial charge in [-0.1, -0.05) is 54.4 Å². The maximum absolute atomic E-state index is 2.59. The van der Waals surface area contributed by atoms with E-state index in [2.05, 4.69) is 41.5 Å². The van der Waals surface area contributed by atoms with E-state index in [0.29, 0.717) is 5.41 Å². The molecule has 0 aromatic rings. The Morgan fingerprint density at radius 1 is 1.00 bits per heavy atom. The lowest BCUT2D eigenvalue weighted by Gasteiger charge is -2.53. The number of hydrogen-bond donors (Lipinski definition) is 0. The first kappa shape index (κ1) is 18.8. The molecule has 0 N–H and O–H groups in total. The van der Waals surface area contributed by atoms with Crippen LogP contribution in [0.1, 0.15) is 99.3 Å². The molecule has 0 heterocycles. The first-order valence-electron chi connectivity index (χ1n) is 11.3. The van der Waals surface area contributed by atoms with Crippen LogP contribution in [0.4, 0.5) is 0 Å². The number of hydrogen-bond acceptors (Lipinski definition) is 0. The average molecular weight is 333 g/mol. The van der Waals surface area contributed by atoms with E-state index in [1.807, 2.05) is 0 Å². The molecule has 0 radical (unpaired) electrons. The van der Waals surface area contributed by atoms with Gasteiger partial charge in [-0.05, 0) is 97.7 Å². The van der Waals surface area contributed by atoms with Gasteiger partial charge in [0.05, 0.1) is 0 Å². The topological polar surface area (TPSA) is 0 Å². The first-order chi connectivity index (χ1) is 11.3. The Bertz CT molecular complexity index is 410. The standard InChI is InChI=1S/C24H44/c1-7-24(6)11-10-22(18(5)16(2)3)21(15-24)14-20-13-19-9-8-17(4)12-23(19)20/h16-23H,7-15H2,1-6H3. The Labute approximate surface area is 152 Å². The summed E-state index contributed by atoms with van der Waals surface area (Å²) in [4.78, 5) is 0. The Morgan fingerprint density at radius 3 is 2.42 bits per heavy atom. The molecule has 0 aromatic carbocycles. The minimum Gasteiger partial charge on any atom is -0.0649 e. The maximum Gasteiger partial charge on any atom is -0.0326 e. The van der Waals surface area contributed by atoms with Gasteiger partial charge in [0.25, 0.3) is 0 Å². The fraction of sp³-hybridized carbons (Fsp3) is 1.00. The van der Waals surface area contributed by atoms with Crippen LogP contribution >= 0.6 is 0 Å². The zero-order valence-corrected chi connectivity index (χ0v) is 17.5. The van der Waals surface area contributed by atoms with Gasteiger partial charge in [0.15, 0.2) is 0 Å². The highest BCUT2D eigenvalue weighted by molar-refractivity contribution is 4.97. The molecule has 0 bridgehead atoms. The Kier molecular flexibility index (Phi) is 5.73. The van der Waals surface area contributed by atoms with Gasteiger partial charge in [0.2, 0.25) is 0 Å². The lowest BCUT2D eigenvalue weighted by Crippen LogP contribution is -2.44. The molecule has 0 saturated heterocycles. The van der Waals surface area contributed by atoms with Gasteiger partial charge in [-0.3, -0.25) is 0 Å². The molecular weight excluding hydrogens is 288 g/mol. The quantitative estimate of drug-likeness (QED) is 0.487. The smallest absolute Gasteiger partial charge is 0.0326 e. The van der Waals surface area contributed by atoms with Crippen LogP contribution in [0.25, 0.3) is 0 Å². The minimum atomic E-state index is 0.640. The van der Waals surface area contributed by atoms with Crippen LogP contribution in [-0.4, -0.2) is 0 Å². The van der Waals surface area contributed by atoms with E-state index < -0.39 is 0 Å². The molecule has 24 heavy (non-hydrogen) atoms. The molecule has 8 unspecified atom stereocenters. The van der Waals surface area contributed by atoms with Crippen molar-refractivity contribution < 1.29 is 0 Å². The van der Waals surface area contributed by atoms with Crippen molar-refractivity contribution in [1.82, 2.24) is 0 Å². The van der Waals surface area contributed by atoms with E-state index in [9.17, 15) is 0 Å². The first-order valence-corrected chi connectivity index (χ1v) is 11.3. The Balaban J connectivity index is 1.67. The summed E-state index contributed by atoms with van der Waals surface area (Å²) < 4.78 is 0. The summed E-state index contributed by atoms with van der Waals surface area (Å²) in [7, 11) is 0. The predicted molar refractivity (Wildman–Crippen MR) is 106 cm³/mol. The second-order valence-electron chi connectivity index (χ2n) is 11.0. The third kappa shape index (κ3) is 3.73. The van der Waals surface area contributed by atoms with E-state index in [-0.39, 0.29) is 0 Å². The van der Waals surface area contributed by atoms with E-state index in [1.54, 1.807) is 25.7 Å². The van der Waals surface area contributed by atoms with Gasteiger partial charge in [-0.15, -0.1) is 0 Å². The molecule has 3 rings (SSSR count). The molecule has 3 aliphatic rings. The second-order valence-corrected chi connectivity index (χ2v) is 11.0. The zero-order chi connectivity index (χ0) is 17.5. The van der Waals surface area contributed by atoms with Gasteiger partial charge < -0.3 is 0 Å². The third-order valence-electron chi connectivity index (χ3n) is 9.15. The molecule has 0 aliphatic heterocycles. The molecule has 140 valence electrons.